The Morgan fingerprint density at radius 2 is 0.909 bits per heavy atom. The van der Waals surface area contributed by atoms with Crippen LogP contribution in [0.4, 0.5) is 19.2 Å². The summed E-state index contributed by atoms with van der Waals surface area (Å²) in [4.78, 5) is 45.6. The third-order valence-corrected chi connectivity index (χ3v) is 4.87. The lowest BCUT2D eigenvalue weighted by Gasteiger charge is -2.15. The van der Waals surface area contributed by atoms with Crippen LogP contribution in [0, 0.1) is 0 Å². The minimum Gasteiger partial charge on any atom is -0.447 e. The molecule has 188 valence electrons. The molecule has 0 radical (unpaired) electrons. The van der Waals surface area contributed by atoms with Gasteiger partial charge < -0.3 is 49.7 Å². The molecule has 4 atom stereocenters. The van der Waals surface area contributed by atoms with Crippen LogP contribution in [0.25, 0.3) is 0 Å². The van der Waals surface area contributed by atoms with Gasteiger partial charge >= 0.3 is 24.4 Å². The van der Waals surface area contributed by atoms with E-state index in [2.05, 4.69) is 21.3 Å². The second-order valence-corrected chi connectivity index (χ2v) is 7.34. The fourth-order valence-corrected chi connectivity index (χ4v) is 3.16. The molecule has 2 rings (SSSR count). The van der Waals surface area contributed by atoms with Crippen molar-refractivity contribution in [3.05, 3.63) is 0 Å². The molecule has 4 N–H and O–H groups in total. The van der Waals surface area contributed by atoms with Crippen molar-refractivity contribution in [2.75, 3.05) is 47.2 Å². The summed E-state index contributed by atoms with van der Waals surface area (Å²) >= 11 is 0. The van der Waals surface area contributed by atoms with Gasteiger partial charge in [-0.05, 0) is 25.7 Å². The molecule has 0 saturated carbocycles. The van der Waals surface area contributed by atoms with Gasteiger partial charge in [0, 0.05) is 14.1 Å². The molecular weight excluding hydrogens is 444 g/mol. The molecule has 0 spiro atoms. The molecule has 0 bridgehead atoms. The molecule has 14 nitrogen and oxygen atoms in total. The first-order valence-electron chi connectivity index (χ1n) is 10.7. The van der Waals surface area contributed by atoms with Crippen molar-refractivity contribution < 1.29 is 47.6 Å². The van der Waals surface area contributed by atoms with E-state index in [0.29, 0.717) is 25.7 Å². The molecule has 2 aliphatic heterocycles. The molecule has 4 amide bonds. The van der Waals surface area contributed by atoms with E-state index in [-0.39, 0.29) is 57.5 Å². The Labute approximate surface area is 191 Å². The summed E-state index contributed by atoms with van der Waals surface area (Å²) in [5.41, 5.74) is 0. The van der Waals surface area contributed by atoms with Crippen LogP contribution in [-0.4, -0.2) is 96.0 Å². The lowest BCUT2D eigenvalue weighted by Crippen LogP contribution is -2.39. The Hall–Kier alpha value is -3.00. The number of rotatable bonds is 10. The van der Waals surface area contributed by atoms with Crippen LogP contribution in [0.3, 0.4) is 0 Å². The average Bonchev–Trinajstić information content (AvgIpc) is 3.47. The topological polar surface area (TPSA) is 172 Å². The standard InChI is InChI=1S/C19H32N4O10/c1-20-16(24)28-7-12-3-5-14(32-12)9-30-18(26)22-11-23-19(27)31-10-15-6-4-13(33-15)8-29-17(25)21-2/h12-15H,3-11H2,1-2H3,(H,20,24)(H,21,25)(H,22,26)(H,23,27). The van der Waals surface area contributed by atoms with E-state index in [9.17, 15) is 19.2 Å². The van der Waals surface area contributed by atoms with Gasteiger partial charge in [-0.2, -0.15) is 0 Å². The number of alkyl carbamates (subject to hydrolysis) is 4. The number of hydrogen-bond donors (Lipinski definition) is 4. The third kappa shape index (κ3) is 10.4. The van der Waals surface area contributed by atoms with Gasteiger partial charge in [-0.1, -0.05) is 0 Å². The Bertz CT molecular complexity index is 610. The molecular formula is C19H32N4O10. The zero-order valence-corrected chi connectivity index (χ0v) is 18.8. The maximum absolute atomic E-state index is 11.7. The van der Waals surface area contributed by atoms with Crippen LogP contribution >= 0.6 is 0 Å². The van der Waals surface area contributed by atoms with E-state index in [1.807, 2.05) is 0 Å². The van der Waals surface area contributed by atoms with Crippen molar-refractivity contribution in [3.63, 3.8) is 0 Å². The smallest absolute Gasteiger partial charge is 0.408 e. The predicted octanol–water partition coefficient (Wildman–Crippen LogP) is 0.204. The minimum atomic E-state index is -0.720. The van der Waals surface area contributed by atoms with Crippen molar-refractivity contribution in [3.8, 4) is 0 Å². The van der Waals surface area contributed by atoms with Crippen LogP contribution < -0.4 is 21.3 Å². The highest BCUT2D eigenvalue weighted by molar-refractivity contribution is 5.70. The Morgan fingerprint density at radius 3 is 1.21 bits per heavy atom. The van der Waals surface area contributed by atoms with Crippen molar-refractivity contribution in [1.29, 1.82) is 0 Å². The second kappa shape index (κ2) is 14.2. The first-order valence-corrected chi connectivity index (χ1v) is 10.7. The Kier molecular flexibility index (Phi) is 11.3. The summed E-state index contributed by atoms with van der Waals surface area (Å²) in [5, 5.41) is 9.43. The van der Waals surface area contributed by atoms with Gasteiger partial charge in [-0.3, -0.25) is 0 Å². The lowest BCUT2D eigenvalue weighted by molar-refractivity contribution is -0.0204. The first kappa shape index (κ1) is 26.3. The highest BCUT2D eigenvalue weighted by Crippen LogP contribution is 2.21. The fraction of sp³-hybridized carbons (Fsp3) is 0.789. The van der Waals surface area contributed by atoms with Gasteiger partial charge in [-0.25, -0.2) is 19.2 Å². The van der Waals surface area contributed by atoms with Crippen molar-refractivity contribution in [1.82, 2.24) is 21.3 Å². The number of amides is 4. The average molecular weight is 476 g/mol. The maximum atomic E-state index is 11.7. The lowest BCUT2D eigenvalue weighted by atomic mass is 10.2. The van der Waals surface area contributed by atoms with E-state index in [4.69, 9.17) is 28.4 Å². The quantitative estimate of drug-likeness (QED) is 0.252. The van der Waals surface area contributed by atoms with Gasteiger partial charge in [0.1, 0.15) is 26.4 Å². The van der Waals surface area contributed by atoms with Crippen molar-refractivity contribution in [2.45, 2.75) is 50.1 Å². The van der Waals surface area contributed by atoms with Crippen LogP contribution in [0.2, 0.25) is 0 Å². The molecule has 0 aliphatic carbocycles. The SMILES string of the molecule is CNC(=O)OCC1CCC(COC(=O)NCNC(=O)OCC2CCC(COC(=O)NC)O2)O1. The maximum Gasteiger partial charge on any atom is 0.408 e. The monoisotopic (exact) mass is 476 g/mol. The number of ether oxygens (including phenoxy) is 6. The summed E-state index contributed by atoms with van der Waals surface area (Å²) in [6.07, 6.45) is -0.845. The van der Waals surface area contributed by atoms with E-state index >= 15 is 0 Å². The second-order valence-electron chi connectivity index (χ2n) is 7.34. The molecule has 0 aromatic carbocycles. The Balaban J connectivity index is 1.47. The largest absolute Gasteiger partial charge is 0.447 e. The normalized spacial score (nSPS) is 23.8. The molecule has 2 fully saturated rings. The molecule has 2 aliphatic rings. The number of carbonyl (C=O) groups is 4. The Morgan fingerprint density at radius 1 is 0.606 bits per heavy atom. The number of nitrogens with one attached hydrogen (secondary N) is 4. The van der Waals surface area contributed by atoms with Gasteiger partial charge in [0.25, 0.3) is 0 Å². The molecule has 33 heavy (non-hydrogen) atoms. The van der Waals surface area contributed by atoms with E-state index in [1.54, 1.807) is 0 Å². The summed E-state index contributed by atoms with van der Waals surface area (Å²) in [5.74, 6) is 0. The minimum absolute atomic E-state index is 0.0383. The highest BCUT2D eigenvalue weighted by Gasteiger charge is 2.28. The third-order valence-electron chi connectivity index (χ3n) is 4.87. The zero-order chi connectivity index (χ0) is 24.1. The van der Waals surface area contributed by atoms with Crippen LogP contribution in [0.15, 0.2) is 0 Å². The summed E-state index contributed by atoms with van der Waals surface area (Å²) in [6, 6.07) is 0. The summed E-state index contributed by atoms with van der Waals surface area (Å²) in [6.45, 7) is 0.155. The fourth-order valence-electron chi connectivity index (χ4n) is 3.16. The molecule has 2 heterocycles. The van der Waals surface area contributed by atoms with Crippen LogP contribution in [0.5, 0.6) is 0 Å². The number of hydrogen-bond acceptors (Lipinski definition) is 10. The van der Waals surface area contributed by atoms with Gasteiger partial charge in [0.2, 0.25) is 0 Å². The molecule has 0 aromatic heterocycles. The summed E-state index contributed by atoms with van der Waals surface area (Å²) in [7, 11) is 2.93. The highest BCUT2D eigenvalue weighted by atomic mass is 16.6. The van der Waals surface area contributed by atoms with E-state index < -0.39 is 24.4 Å². The van der Waals surface area contributed by atoms with Crippen molar-refractivity contribution in [2.24, 2.45) is 0 Å². The van der Waals surface area contributed by atoms with Crippen molar-refractivity contribution >= 4 is 24.4 Å². The van der Waals surface area contributed by atoms with Gasteiger partial charge in [0.05, 0.1) is 31.1 Å². The molecule has 4 unspecified atom stereocenters. The molecule has 0 aromatic rings. The molecule has 14 heteroatoms. The van der Waals surface area contributed by atoms with Gasteiger partial charge in [-0.15, -0.1) is 0 Å². The van der Waals surface area contributed by atoms with Crippen LogP contribution in [0.1, 0.15) is 25.7 Å². The number of carbonyl (C=O) groups excluding carboxylic acids is 4. The summed E-state index contributed by atoms with van der Waals surface area (Å²) < 4.78 is 31.2. The van der Waals surface area contributed by atoms with Gasteiger partial charge in [0.15, 0.2) is 0 Å². The van der Waals surface area contributed by atoms with Crippen LogP contribution in [-0.2, 0) is 28.4 Å². The van der Waals surface area contributed by atoms with E-state index in [0.717, 1.165) is 0 Å². The van der Waals surface area contributed by atoms with E-state index in [1.165, 1.54) is 14.1 Å². The zero-order valence-electron chi connectivity index (χ0n) is 18.8. The first-order chi connectivity index (χ1) is 15.9. The molecule has 2 saturated heterocycles. The predicted molar refractivity (Wildman–Crippen MR) is 110 cm³/mol.